The van der Waals surface area contributed by atoms with Gasteiger partial charge in [-0.15, -0.1) is 11.3 Å². The van der Waals surface area contributed by atoms with Crippen molar-refractivity contribution in [2.45, 2.75) is 33.0 Å². The Balaban J connectivity index is 1.51. The summed E-state index contributed by atoms with van der Waals surface area (Å²) in [6, 6.07) is 0.182. The molecule has 7 nitrogen and oxygen atoms in total. The number of aryl methyl sites for hydroxylation is 1. The first-order valence-electron chi connectivity index (χ1n) is 8.70. The van der Waals surface area contributed by atoms with Crippen molar-refractivity contribution >= 4 is 17.2 Å². The molecule has 0 radical (unpaired) electrons. The van der Waals surface area contributed by atoms with Crippen LogP contribution in [0.3, 0.4) is 0 Å². The lowest BCUT2D eigenvalue weighted by atomic mass is 10.2. The second-order valence-electron chi connectivity index (χ2n) is 6.59. The van der Waals surface area contributed by atoms with Crippen LogP contribution in [0.2, 0.25) is 0 Å². The van der Waals surface area contributed by atoms with Crippen molar-refractivity contribution in [1.82, 2.24) is 24.3 Å². The molecule has 2 aromatic rings. The molecule has 25 heavy (non-hydrogen) atoms. The highest BCUT2D eigenvalue weighted by Crippen LogP contribution is 2.28. The zero-order valence-corrected chi connectivity index (χ0v) is 15.5. The molecule has 2 aliphatic heterocycles. The smallest absolute Gasteiger partial charge is 0.274 e. The van der Waals surface area contributed by atoms with E-state index >= 15 is 0 Å². The molecule has 134 valence electrons. The Labute approximate surface area is 151 Å². The van der Waals surface area contributed by atoms with Crippen molar-refractivity contribution in [3.8, 4) is 0 Å². The molecule has 0 aromatic carbocycles. The summed E-state index contributed by atoms with van der Waals surface area (Å²) in [6.45, 7) is 9.43. The second kappa shape index (κ2) is 6.86. The van der Waals surface area contributed by atoms with E-state index in [0.717, 1.165) is 31.2 Å². The predicted octanol–water partition coefficient (Wildman–Crippen LogP) is 1.70. The minimum atomic E-state index is 0.0160. The molecule has 0 bridgehead atoms. The Bertz CT molecular complexity index is 765. The summed E-state index contributed by atoms with van der Waals surface area (Å²) < 4.78 is 7.46. The monoisotopic (exact) mass is 361 g/mol. The highest BCUT2D eigenvalue weighted by Gasteiger charge is 2.29. The Morgan fingerprint density at radius 1 is 1.32 bits per heavy atom. The number of carbonyl (C=O) groups is 1. The Hall–Kier alpha value is -1.77. The highest BCUT2D eigenvalue weighted by molar-refractivity contribution is 7.09. The zero-order chi connectivity index (χ0) is 17.4. The molecular weight excluding hydrogens is 338 g/mol. The van der Waals surface area contributed by atoms with Crippen LogP contribution in [0.4, 0.5) is 0 Å². The summed E-state index contributed by atoms with van der Waals surface area (Å²) in [7, 11) is 0. The van der Waals surface area contributed by atoms with E-state index in [1.54, 1.807) is 11.3 Å². The summed E-state index contributed by atoms with van der Waals surface area (Å²) in [5.41, 5.74) is 3.56. The number of nitrogens with zero attached hydrogens (tertiary/aromatic N) is 5. The van der Waals surface area contributed by atoms with Crippen LogP contribution in [0.5, 0.6) is 0 Å². The standard InChI is InChI=1S/C17H23N5O2S/c1-12-15(25-11-18-12)10-21-3-4-22-9-14(19-16(22)13(21)2)17(23)20-5-7-24-8-6-20/h9,11,13H,3-8,10H2,1-2H3/t13-/m0/s1. The quantitative estimate of drug-likeness (QED) is 0.833. The van der Waals surface area contributed by atoms with E-state index in [0.29, 0.717) is 32.0 Å². The summed E-state index contributed by atoms with van der Waals surface area (Å²) in [6.07, 6.45) is 1.92. The molecular formula is C17H23N5O2S. The van der Waals surface area contributed by atoms with Gasteiger partial charge in [-0.1, -0.05) is 0 Å². The van der Waals surface area contributed by atoms with E-state index in [1.807, 2.05) is 16.6 Å². The van der Waals surface area contributed by atoms with Gasteiger partial charge in [0.2, 0.25) is 0 Å². The molecule has 1 saturated heterocycles. The number of aromatic nitrogens is 3. The molecule has 2 aliphatic rings. The fourth-order valence-corrected chi connectivity index (χ4v) is 4.25. The maximum Gasteiger partial charge on any atom is 0.274 e. The number of fused-ring (bicyclic) bond motifs is 1. The van der Waals surface area contributed by atoms with Crippen LogP contribution in [0, 0.1) is 6.92 Å². The molecule has 1 atom stereocenters. The molecule has 1 amide bonds. The third-order valence-electron chi connectivity index (χ3n) is 5.07. The van der Waals surface area contributed by atoms with Gasteiger partial charge in [-0.25, -0.2) is 9.97 Å². The number of ether oxygens (including phenoxy) is 1. The molecule has 8 heteroatoms. The van der Waals surface area contributed by atoms with Crippen LogP contribution < -0.4 is 0 Å². The number of hydrogen-bond donors (Lipinski definition) is 0. The van der Waals surface area contributed by atoms with Gasteiger partial charge in [-0.05, 0) is 13.8 Å². The van der Waals surface area contributed by atoms with E-state index in [4.69, 9.17) is 4.74 Å². The number of rotatable bonds is 3. The summed E-state index contributed by atoms with van der Waals surface area (Å²) in [4.78, 5) is 27.3. The van der Waals surface area contributed by atoms with Crippen LogP contribution in [-0.4, -0.2) is 63.1 Å². The van der Waals surface area contributed by atoms with E-state index in [-0.39, 0.29) is 11.9 Å². The van der Waals surface area contributed by atoms with Gasteiger partial charge in [0.1, 0.15) is 11.5 Å². The molecule has 4 heterocycles. The van der Waals surface area contributed by atoms with Crippen molar-refractivity contribution in [3.05, 3.63) is 33.8 Å². The molecule has 4 rings (SSSR count). The van der Waals surface area contributed by atoms with Crippen molar-refractivity contribution in [2.24, 2.45) is 0 Å². The molecule has 0 spiro atoms. The van der Waals surface area contributed by atoms with Crippen LogP contribution in [0.1, 0.15) is 39.8 Å². The minimum Gasteiger partial charge on any atom is -0.378 e. The van der Waals surface area contributed by atoms with Gasteiger partial charge >= 0.3 is 0 Å². The zero-order valence-electron chi connectivity index (χ0n) is 14.6. The summed E-state index contributed by atoms with van der Waals surface area (Å²) in [5.74, 6) is 0.993. The first-order chi connectivity index (χ1) is 12.1. The number of amides is 1. The molecule has 1 fully saturated rings. The van der Waals surface area contributed by atoms with Crippen LogP contribution in [-0.2, 0) is 17.8 Å². The fraction of sp³-hybridized carbons (Fsp3) is 0.588. The Morgan fingerprint density at radius 3 is 2.84 bits per heavy atom. The summed E-state index contributed by atoms with van der Waals surface area (Å²) in [5, 5.41) is 0. The van der Waals surface area contributed by atoms with Crippen molar-refractivity contribution in [2.75, 3.05) is 32.8 Å². The van der Waals surface area contributed by atoms with E-state index in [1.165, 1.54) is 4.88 Å². The molecule has 0 unspecified atom stereocenters. The Kier molecular flexibility index (Phi) is 4.58. The number of thiazole rings is 1. The van der Waals surface area contributed by atoms with Gasteiger partial charge in [-0.3, -0.25) is 9.69 Å². The van der Waals surface area contributed by atoms with Gasteiger partial charge in [0.05, 0.1) is 30.5 Å². The number of carbonyl (C=O) groups excluding carboxylic acids is 1. The lowest BCUT2D eigenvalue weighted by Gasteiger charge is -2.33. The normalized spacial score (nSPS) is 21.4. The molecule has 2 aromatic heterocycles. The minimum absolute atomic E-state index is 0.0160. The number of imidazole rings is 1. The van der Waals surface area contributed by atoms with Crippen LogP contribution in [0.15, 0.2) is 11.7 Å². The van der Waals surface area contributed by atoms with E-state index < -0.39 is 0 Å². The largest absolute Gasteiger partial charge is 0.378 e. The van der Waals surface area contributed by atoms with Crippen LogP contribution in [0.25, 0.3) is 0 Å². The van der Waals surface area contributed by atoms with Gasteiger partial charge in [0, 0.05) is 43.8 Å². The van der Waals surface area contributed by atoms with Gasteiger partial charge in [0.25, 0.3) is 5.91 Å². The maximum atomic E-state index is 12.7. The second-order valence-corrected chi connectivity index (χ2v) is 7.53. The average molecular weight is 361 g/mol. The van der Waals surface area contributed by atoms with Crippen LogP contribution >= 0.6 is 11.3 Å². The SMILES string of the molecule is Cc1ncsc1CN1CCn2cc(C(=O)N3CCOCC3)nc2[C@@H]1C. The van der Waals surface area contributed by atoms with Gasteiger partial charge in [0.15, 0.2) is 0 Å². The first-order valence-corrected chi connectivity index (χ1v) is 9.58. The molecule has 0 aliphatic carbocycles. The van der Waals surface area contributed by atoms with E-state index in [2.05, 4.69) is 33.3 Å². The number of hydrogen-bond acceptors (Lipinski definition) is 6. The Morgan fingerprint density at radius 2 is 2.12 bits per heavy atom. The maximum absolute atomic E-state index is 12.7. The van der Waals surface area contributed by atoms with Crippen molar-refractivity contribution in [1.29, 1.82) is 0 Å². The fourth-order valence-electron chi connectivity index (χ4n) is 3.45. The third kappa shape index (κ3) is 3.21. The summed E-state index contributed by atoms with van der Waals surface area (Å²) >= 11 is 1.70. The average Bonchev–Trinajstić information content (AvgIpc) is 3.24. The van der Waals surface area contributed by atoms with Crippen molar-refractivity contribution in [3.63, 3.8) is 0 Å². The number of morpholine rings is 1. The van der Waals surface area contributed by atoms with Gasteiger partial charge in [-0.2, -0.15) is 0 Å². The highest BCUT2D eigenvalue weighted by atomic mass is 32.1. The van der Waals surface area contributed by atoms with E-state index in [9.17, 15) is 4.79 Å². The lowest BCUT2D eigenvalue weighted by Crippen LogP contribution is -2.40. The first kappa shape index (κ1) is 16.7. The van der Waals surface area contributed by atoms with Gasteiger partial charge < -0.3 is 14.2 Å². The molecule has 0 N–H and O–H groups in total. The predicted molar refractivity (Wildman–Crippen MR) is 94.6 cm³/mol. The third-order valence-corrected chi connectivity index (χ3v) is 5.99. The lowest BCUT2D eigenvalue weighted by molar-refractivity contribution is 0.0299. The van der Waals surface area contributed by atoms with Crippen molar-refractivity contribution < 1.29 is 9.53 Å². The molecule has 0 saturated carbocycles. The topological polar surface area (TPSA) is 63.5 Å².